The van der Waals surface area contributed by atoms with E-state index in [-0.39, 0.29) is 11.7 Å². The quantitative estimate of drug-likeness (QED) is 0.491. The summed E-state index contributed by atoms with van der Waals surface area (Å²) in [6, 6.07) is 17.8. The minimum atomic E-state index is -0.128. The van der Waals surface area contributed by atoms with Crippen molar-refractivity contribution in [3.05, 3.63) is 87.3 Å². The standard InChI is InChI=1S/C23H25N5O2/c1-15(2)30-19-11-9-18(10-12-19)14-24-22-26-23-25-16(3)20(21(29)28(23)27-22)13-17-7-5-4-6-8-17/h4-12,15H,13-14H2,1-3H3,(H2,24,25,26,27). The molecular formula is C23H25N5O2. The van der Waals surface area contributed by atoms with Crippen LogP contribution in [-0.2, 0) is 13.0 Å². The molecule has 0 unspecified atom stereocenters. The van der Waals surface area contributed by atoms with E-state index in [1.807, 2.05) is 75.4 Å². The fourth-order valence-electron chi connectivity index (χ4n) is 3.28. The fraction of sp³-hybridized carbons (Fsp3) is 0.261. The molecule has 0 bridgehead atoms. The number of benzene rings is 2. The highest BCUT2D eigenvalue weighted by Crippen LogP contribution is 2.15. The molecule has 7 nitrogen and oxygen atoms in total. The van der Waals surface area contributed by atoms with Crippen molar-refractivity contribution in [3.63, 3.8) is 0 Å². The number of aromatic nitrogens is 4. The number of aromatic amines is 1. The molecule has 2 aromatic heterocycles. The zero-order valence-electron chi connectivity index (χ0n) is 17.3. The highest BCUT2D eigenvalue weighted by atomic mass is 16.5. The molecule has 0 atom stereocenters. The second-order valence-electron chi connectivity index (χ2n) is 7.52. The topological polar surface area (TPSA) is 84.3 Å². The molecular weight excluding hydrogens is 378 g/mol. The molecule has 2 aromatic carbocycles. The summed E-state index contributed by atoms with van der Waals surface area (Å²) in [5.74, 6) is 1.70. The highest BCUT2D eigenvalue weighted by molar-refractivity contribution is 5.41. The number of rotatable bonds is 7. The number of nitrogens with zero attached hydrogens (tertiary/aromatic N) is 3. The highest BCUT2D eigenvalue weighted by Gasteiger charge is 2.13. The summed E-state index contributed by atoms with van der Waals surface area (Å²) >= 11 is 0. The van der Waals surface area contributed by atoms with Gasteiger partial charge in [0.25, 0.3) is 11.3 Å². The molecule has 0 amide bonds. The van der Waals surface area contributed by atoms with Gasteiger partial charge in [-0.2, -0.15) is 9.50 Å². The molecule has 0 aliphatic carbocycles. The van der Waals surface area contributed by atoms with Crippen LogP contribution in [0.4, 0.5) is 5.95 Å². The van der Waals surface area contributed by atoms with E-state index < -0.39 is 0 Å². The molecule has 0 aliphatic rings. The van der Waals surface area contributed by atoms with Gasteiger partial charge in [-0.15, -0.1) is 0 Å². The third kappa shape index (κ3) is 4.35. The Labute approximate surface area is 174 Å². The molecule has 7 heteroatoms. The van der Waals surface area contributed by atoms with Crippen molar-refractivity contribution in [2.45, 2.75) is 39.8 Å². The Kier molecular flexibility index (Phi) is 5.52. The van der Waals surface area contributed by atoms with Crippen LogP contribution in [0, 0.1) is 6.92 Å². The lowest BCUT2D eigenvalue weighted by Gasteiger charge is -2.10. The van der Waals surface area contributed by atoms with Crippen LogP contribution >= 0.6 is 0 Å². The Morgan fingerprint density at radius 3 is 2.47 bits per heavy atom. The van der Waals surface area contributed by atoms with Crippen molar-refractivity contribution in [2.75, 3.05) is 5.32 Å². The van der Waals surface area contributed by atoms with Crippen LogP contribution in [0.3, 0.4) is 0 Å². The minimum absolute atomic E-state index is 0.128. The maximum absolute atomic E-state index is 13.0. The maximum atomic E-state index is 13.0. The summed E-state index contributed by atoms with van der Waals surface area (Å²) in [6.45, 7) is 6.41. The van der Waals surface area contributed by atoms with Crippen molar-refractivity contribution in [2.24, 2.45) is 0 Å². The summed E-state index contributed by atoms with van der Waals surface area (Å²) in [5, 5.41) is 6.24. The monoisotopic (exact) mass is 403 g/mol. The lowest BCUT2D eigenvalue weighted by molar-refractivity contribution is 0.242. The van der Waals surface area contributed by atoms with Gasteiger partial charge in [0.05, 0.1) is 11.8 Å². The smallest absolute Gasteiger partial charge is 0.277 e. The molecule has 2 heterocycles. The van der Waals surface area contributed by atoms with Crippen molar-refractivity contribution in [1.29, 1.82) is 0 Å². The number of anilines is 1. The normalized spacial score (nSPS) is 11.2. The van der Waals surface area contributed by atoms with Crippen LogP contribution in [0.15, 0.2) is 59.4 Å². The lowest BCUT2D eigenvalue weighted by atomic mass is 10.1. The summed E-state index contributed by atoms with van der Waals surface area (Å²) in [7, 11) is 0. The van der Waals surface area contributed by atoms with E-state index >= 15 is 0 Å². The van der Waals surface area contributed by atoms with Crippen LogP contribution in [-0.4, -0.2) is 25.7 Å². The van der Waals surface area contributed by atoms with E-state index in [0.29, 0.717) is 35.9 Å². The number of ether oxygens (including phenoxy) is 1. The largest absolute Gasteiger partial charge is 0.491 e. The first-order chi connectivity index (χ1) is 14.5. The molecule has 4 rings (SSSR count). The summed E-state index contributed by atoms with van der Waals surface area (Å²) in [6.07, 6.45) is 0.680. The van der Waals surface area contributed by atoms with E-state index in [4.69, 9.17) is 4.74 Å². The van der Waals surface area contributed by atoms with Crippen LogP contribution < -0.4 is 15.6 Å². The van der Waals surface area contributed by atoms with E-state index in [1.54, 1.807) is 0 Å². The predicted molar refractivity (Wildman–Crippen MR) is 117 cm³/mol. The molecule has 30 heavy (non-hydrogen) atoms. The Morgan fingerprint density at radius 2 is 1.77 bits per heavy atom. The van der Waals surface area contributed by atoms with Gasteiger partial charge in [-0.25, -0.2) is 4.98 Å². The first kappa shape index (κ1) is 19.7. The summed E-state index contributed by atoms with van der Waals surface area (Å²) in [5.41, 5.74) is 3.38. The Balaban J connectivity index is 1.52. The minimum Gasteiger partial charge on any atom is -0.491 e. The van der Waals surface area contributed by atoms with E-state index in [0.717, 1.165) is 16.9 Å². The molecule has 0 spiro atoms. The zero-order chi connectivity index (χ0) is 21.1. The second kappa shape index (κ2) is 8.41. The van der Waals surface area contributed by atoms with Gasteiger partial charge in [-0.05, 0) is 44.0 Å². The molecule has 4 aromatic rings. The Hall–Kier alpha value is -3.61. The average Bonchev–Trinajstić information content (AvgIpc) is 3.14. The summed E-state index contributed by atoms with van der Waals surface area (Å²) < 4.78 is 7.06. The van der Waals surface area contributed by atoms with Crippen LogP contribution in [0.2, 0.25) is 0 Å². The molecule has 0 saturated heterocycles. The van der Waals surface area contributed by atoms with Gasteiger partial charge in [0, 0.05) is 18.5 Å². The number of H-pyrrole nitrogens is 1. The molecule has 154 valence electrons. The van der Waals surface area contributed by atoms with Gasteiger partial charge in [-0.1, -0.05) is 42.5 Å². The van der Waals surface area contributed by atoms with Crippen LogP contribution in [0.25, 0.3) is 5.78 Å². The van der Waals surface area contributed by atoms with Gasteiger partial charge in [0.2, 0.25) is 5.95 Å². The van der Waals surface area contributed by atoms with E-state index in [9.17, 15) is 4.79 Å². The third-order valence-corrected chi connectivity index (χ3v) is 4.77. The van der Waals surface area contributed by atoms with Crippen molar-refractivity contribution >= 4 is 11.7 Å². The second-order valence-corrected chi connectivity index (χ2v) is 7.52. The Morgan fingerprint density at radius 1 is 1.03 bits per heavy atom. The zero-order valence-corrected chi connectivity index (χ0v) is 17.3. The van der Waals surface area contributed by atoms with Crippen molar-refractivity contribution in [1.82, 2.24) is 19.6 Å². The molecule has 0 aliphatic heterocycles. The van der Waals surface area contributed by atoms with Gasteiger partial charge in [0.15, 0.2) is 0 Å². The Bertz CT molecular complexity index is 1190. The first-order valence-corrected chi connectivity index (χ1v) is 10.0. The fourth-order valence-corrected chi connectivity index (χ4v) is 3.28. The number of fused-ring (bicyclic) bond motifs is 1. The number of nitrogens with one attached hydrogen (secondary N) is 2. The summed E-state index contributed by atoms with van der Waals surface area (Å²) in [4.78, 5) is 21.9. The lowest BCUT2D eigenvalue weighted by Crippen LogP contribution is -2.22. The molecule has 0 saturated carbocycles. The molecule has 0 fully saturated rings. The van der Waals surface area contributed by atoms with Crippen molar-refractivity contribution in [3.8, 4) is 5.75 Å². The third-order valence-electron chi connectivity index (χ3n) is 4.77. The first-order valence-electron chi connectivity index (χ1n) is 10.0. The van der Waals surface area contributed by atoms with Gasteiger partial charge in [0.1, 0.15) is 5.75 Å². The van der Waals surface area contributed by atoms with Gasteiger partial charge >= 0.3 is 0 Å². The maximum Gasteiger partial charge on any atom is 0.277 e. The van der Waals surface area contributed by atoms with E-state index in [2.05, 4.69) is 20.4 Å². The van der Waals surface area contributed by atoms with E-state index in [1.165, 1.54) is 4.52 Å². The number of aryl methyl sites for hydroxylation is 1. The van der Waals surface area contributed by atoms with Gasteiger partial charge in [-0.3, -0.25) is 9.89 Å². The molecule has 2 N–H and O–H groups in total. The number of hydrogen-bond acceptors (Lipinski definition) is 5. The average molecular weight is 403 g/mol. The van der Waals surface area contributed by atoms with Crippen LogP contribution in [0.5, 0.6) is 5.75 Å². The number of hydrogen-bond donors (Lipinski definition) is 2. The molecule has 0 radical (unpaired) electrons. The van der Waals surface area contributed by atoms with Crippen molar-refractivity contribution < 1.29 is 4.74 Å². The SMILES string of the molecule is Cc1nc2nc(NCc3ccc(OC(C)C)cc3)[nH]n2c(=O)c1Cc1ccccc1. The van der Waals surface area contributed by atoms with Gasteiger partial charge < -0.3 is 10.1 Å². The van der Waals surface area contributed by atoms with Crippen LogP contribution in [0.1, 0.15) is 36.2 Å². The predicted octanol–water partition coefficient (Wildman–Crippen LogP) is 3.72.